The van der Waals surface area contributed by atoms with E-state index in [1.54, 1.807) is 13.2 Å². The second-order valence-corrected chi connectivity index (χ2v) is 8.40. The van der Waals surface area contributed by atoms with Gasteiger partial charge in [-0.15, -0.1) is 6.42 Å². The number of phenolic OH excluding ortho intramolecular Hbond substituents is 1. The Kier molecular flexibility index (Phi) is 3.95. The van der Waals surface area contributed by atoms with E-state index < -0.39 is 11.6 Å². The number of aromatic hydroxyl groups is 1. The van der Waals surface area contributed by atoms with Crippen molar-refractivity contribution in [1.29, 1.82) is 0 Å². The molecular formula is C24H19F2N5O. The molecule has 2 aliphatic rings. The van der Waals surface area contributed by atoms with Crippen LogP contribution in [0.2, 0.25) is 0 Å². The van der Waals surface area contributed by atoms with Crippen molar-refractivity contribution in [3.63, 3.8) is 0 Å². The predicted octanol–water partition coefficient (Wildman–Crippen LogP) is 3.30. The van der Waals surface area contributed by atoms with Crippen molar-refractivity contribution in [3.8, 4) is 29.4 Å². The fourth-order valence-electron chi connectivity index (χ4n) is 5.16. The lowest BCUT2D eigenvalue weighted by atomic mass is 9.88. The topological polar surface area (TPSA) is 66.2 Å². The Hall–Kier alpha value is -3.70. The van der Waals surface area contributed by atoms with Crippen LogP contribution >= 0.6 is 0 Å². The number of terminal acetylenes is 1. The molecule has 0 amide bonds. The molecule has 160 valence electrons. The van der Waals surface area contributed by atoms with Crippen LogP contribution in [-0.4, -0.2) is 45.0 Å². The second-order valence-electron chi connectivity index (χ2n) is 8.40. The first kappa shape index (κ1) is 19.0. The van der Waals surface area contributed by atoms with E-state index in [2.05, 4.69) is 26.2 Å². The van der Waals surface area contributed by atoms with Gasteiger partial charge in [0.05, 0.1) is 10.9 Å². The summed E-state index contributed by atoms with van der Waals surface area (Å²) >= 11 is 0. The summed E-state index contributed by atoms with van der Waals surface area (Å²) in [4.78, 5) is 6.64. The lowest BCUT2D eigenvalue weighted by Gasteiger charge is -2.53. The maximum absolute atomic E-state index is 15.9. The maximum atomic E-state index is 15.9. The van der Waals surface area contributed by atoms with Gasteiger partial charge in [0.15, 0.2) is 11.6 Å². The normalized spacial score (nSPS) is 19.9. The number of nitrogens with zero attached hydrogens (tertiary/aromatic N) is 4. The molecule has 2 fully saturated rings. The number of hydrogen-bond acceptors (Lipinski definition) is 5. The molecule has 32 heavy (non-hydrogen) atoms. The van der Waals surface area contributed by atoms with Gasteiger partial charge in [0.2, 0.25) is 0 Å². The minimum Gasteiger partial charge on any atom is -0.508 e. The number of piperidine rings is 1. The molecular weight excluding hydrogens is 412 g/mol. The second kappa shape index (κ2) is 6.65. The highest BCUT2D eigenvalue weighted by molar-refractivity contribution is 6.03. The Labute approximate surface area is 182 Å². The number of rotatable bonds is 2. The molecule has 2 saturated heterocycles. The third-order valence-electron chi connectivity index (χ3n) is 6.59. The first-order valence-corrected chi connectivity index (χ1v) is 10.4. The van der Waals surface area contributed by atoms with E-state index in [1.807, 2.05) is 0 Å². The Morgan fingerprint density at radius 3 is 2.72 bits per heavy atom. The summed E-state index contributed by atoms with van der Waals surface area (Å²) in [6, 6.07) is 6.25. The zero-order valence-corrected chi connectivity index (χ0v) is 17.2. The van der Waals surface area contributed by atoms with Crippen molar-refractivity contribution in [2.24, 2.45) is 7.05 Å². The van der Waals surface area contributed by atoms with Crippen LogP contribution in [0.4, 0.5) is 14.6 Å². The number of pyridine rings is 1. The third-order valence-corrected chi connectivity index (χ3v) is 6.59. The van der Waals surface area contributed by atoms with Crippen molar-refractivity contribution >= 4 is 27.5 Å². The summed E-state index contributed by atoms with van der Waals surface area (Å²) in [6.07, 6.45) is 8.26. The van der Waals surface area contributed by atoms with Gasteiger partial charge in [-0.3, -0.25) is 9.67 Å². The minimum atomic E-state index is -0.591. The largest absolute Gasteiger partial charge is 0.508 e. The number of aryl methyl sites for hydroxylation is 1. The van der Waals surface area contributed by atoms with Crippen LogP contribution < -0.4 is 10.2 Å². The Morgan fingerprint density at radius 1 is 1.22 bits per heavy atom. The summed E-state index contributed by atoms with van der Waals surface area (Å²) in [5, 5.41) is 19.7. The van der Waals surface area contributed by atoms with Crippen molar-refractivity contribution in [2.45, 2.75) is 18.5 Å². The molecule has 0 radical (unpaired) electrons. The lowest BCUT2D eigenvalue weighted by molar-refractivity contribution is 0.261. The SMILES string of the molecule is C#Cc1c(F)ccc2cc(O)cc(-c3ncc4c(N5C6CNCC5C6)nn(C)c4c3F)c12. The van der Waals surface area contributed by atoms with E-state index in [1.165, 1.54) is 28.9 Å². The monoisotopic (exact) mass is 431 g/mol. The van der Waals surface area contributed by atoms with Gasteiger partial charge < -0.3 is 15.3 Å². The van der Waals surface area contributed by atoms with Gasteiger partial charge in [-0.05, 0) is 30.0 Å². The number of nitrogens with one attached hydrogen (secondary N) is 1. The van der Waals surface area contributed by atoms with E-state index in [0.29, 0.717) is 33.8 Å². The molecule has 2 bridgehead atoms. The van der Waals surface area contributed by atoms with Crippen LogP contribution in [-0.2, 0) is 7.05 Å². The first-order valence-electron chi connectivity index (χ1n) is 10.4. The number of benzene rings is 2. The summed E-state index contributed by atoms with van der Waals surface area (Å²) in [5.74, 6) is 1.81. The highest BCUT2D eigenvalue weighted by atomic mass is 19.1. The van der Waals surface area contributed by atoms with Crippen LogP contribution in [0.15, 0.2) is 30.5 Å². The van der Waals surface area contributed by atoms with E-state index in [0.717, 1.165) is 25.3 Å². The zero-order chi connectivity index (χ0) is 22.1. The summed E-state index contributed by atoms with van der Waals surface area (Å²) < 4.78 is 31.9. The Morgan fingerprint density at radius 2 is 2.00 bits per heavy atom. The van der Waals surface area contributed by atoms with Crippen molar-refractivity contribution < 1.29 is 13.9 Å². The number of anilines is 1. The minimum absolute atomic E-state index is 0.00500. The maximum Gasteiger partial charge on any atom is 0.175 e. The molecule has 2 aliphatic heterocycles. The van der Waals surface area contributed by atoms with Crippen LogP contribution in [0.5, 0.6) is 5.75 Å². The molecule has 2 aromatic heterocycles. The molecule has 8 heteroatoms. The average molecular weight is 431 g/mol. The van der Waals surface area contributed by atoms with Gasteiger partial charge in [0.25, 0.3) is 0 Å². The van der Waals surface area contributed by atoms with Gasteiger partial charge in [-0.1, -0.05) is 12.0 Å². The van der Waals surface area contributed by atoms with Gasteiger partial charge in [-0.2, -0.15) is 5.10 Å². The molecule has 4 aromatic rings. The van der Waals surface area contributed by atoms with Gasteiger partial charge in [-0.25, -0.2) is 8.78 Å². The number of piperazine rings is 1. The fourth-order valence-corrected chi connectivity index (χ4v) is 5.16. The Balaban J connectivity index is 1.60. The van der Waals surface area contributed by atoms with Crippen LogP contribution in [0.25, 0.3) is 32.9 Å². The molecule has 0 saturated carbocycles. The fraction of sp³-hybridized carbons (Fsp3) is 0.250. The quantitative estimate of drug-likeness (QED) is 0.477. The summed E-state index contributed by atoms with van der Waals surface area (Å²) in [6.45, 7) is 1.75. The molecule has 6 nitrogen and oxygen atoms in total. The highest BCUT2D eigenvalue weighted by Crippen LogP contribution is 2.41. The van der Waals surface area contributed by atoms with Crippen LogP contribution in [0.1, 0.15) is 12.0 Å². The van der Waals surface area contributed by atoms with Gasteiger partial charge in [0, 0.05) is 49.4 Å². The first-order chi connectivity index (χ1) is 15.5. The molecule has 4 heterocycles. The number of aromatic nitrogens is 3. The Bertz CT molecular complexity index is 1460. The summed E-state index contributed by atoms with van der Waals surface area (Å²) in [5.41, 5.74) is 0.531. The van der Waals surface area contributed by atoms with Crippen molar-refractivity contribution in [1.82, 2.24) is 20.1 Å². The highest BCUT2D eigenvalue weighted by Gasteiger charge is 2.43. The van der Waals surface area contributed by atoms with Crippen molar-refractivity contribution in [3.05, 3.63) is 47.7 Å². The number of halogens is 2. The van der Waals surface area contributed by atoms with Crippen LogP contribution in [0.3, 0.4) is 0 Å². The van der Waals surface area contributed by atoms with E-state index in [9.17, 15) is 9.50 Å². The number of phenols is 1. The van der Waals surface area contributed by atoms with E-state index >= 15 is 4.39 Å². The summed E-state index contributed by atoms with van der Waals surface area (Å²) in [7, 11) is 1.69. The molecule has 2 atom stereocenters. The average Bonchev–Trinajstić information content (AvgIpc) is 3.10. The molecule has 2 N–H and O–H groups in total. The molecule has 2 unspecified atom stereocenters. The number of fused-ring (bicyclic) bond motifs is 4. The molecule has 0 aliphatic carbocycles. The smallest absolute Gasteiger partial charge is 0.175 e. The standard InChI is InChI=1S/C24H19F2N5O/c1-3-16-19(25)5-4-12-6-15(32)8-17(20(12)16)22-21(26)23-18(11-28-22)24(29-30(23)2)31-13-7-14(31)10-27-9-13/h1,4-6,8,11,13-14,27,32H,7,9-10H2,2H3. The van der Waals surface area contributed by atoms with E-state index in [-0.39, 0.29) is 22.6 Å². The van der Waals surface area contributed by atoms with Crippen LogP contribution in [0, 0.1) is 24.0 Å². The zero-order valence-electron chi connectivity index (χ0n) is 17.2. The number of hydrogen-bond donors (Lipinski definition) is 2. The van der Waals surface area contributed by atoms with Gasteiger partial charge in [0.1, 0.15) is 22.8 Å². The molecule has 2 aromatic carbocycles. The molecule has 0 spiro atoms. The predicted molar refractivity (Wildman–Crippen MR) is 119 cm³/mol. The molecule has 6 rings (SSSR count). The van der Waals surface area contributed by atoms with E-state index in [4.69, 9.17) is 6.42 Å². The van der Waals surface area contributed by atoms with Crippen molar-refractivity contribution in [2.75, 3.05) is 18.0 Å². The lowest BCUT2D eigenvalue weighted by Crippen LogP contribution is -2.68. The van der Waals surface area contributed by atoms with Gasteiger partial charge >= 0.3 is 0 Å². The third kappa shape index (κ3) is 2.49.